The zero-order chi connectivity index (χ0) is 13.1. The highest BCUT2D eigenvalue weighted by Crippen LogP contribution is 2.24. The number of carbonyl (C=O) groups is 1. The number of hydrogen-bond donors (Lipinski definition) is 0. The van der Waals surface area contributed by atoms with Gasteiger partial charge in [-0.25, -0.2) is 4.79 Å². The number of benzene rings is 2. The lowest BCUT2D eigenvalue weighted by molar-refractivity contribution is 0.0380. The Bertz CT molecular complexity index is 573. The van der Waals surface area contributed by atoms with Crippen LogP contribution < -0.4 is 4.74 Å². The maximum absolute atomic E-state index is 12.0. The summed E-state index contributed by atoms with van der Waals surface area (Å²) in [6.45, 7) is 3.67. The molecule has 2 rings (SSSR count). The molecule has 18 heavy (non-hydrogen) atoms. The zero-order valence-corrected chi connectivity index (χ0v) is 10.8. The van der Waals surface area contributed by atoms with Gasteiger partial charge in [0.25, 0.3) is 0 Å². The van der Waals surface area contributed by atoms with Gasteiger partial charge < -0.3 is 9.47 Å². The molecular formula is C15H16O3. The van der Waals surface area contributed by atoms with Gasteiger partial charge in [0.05, 0.1) is 18.8 Å². The van der Waals surface area contributed by atoms with Gasteiger partial charge in [-0.2, -0.15) is 0 Å². The second-order valence-electron chi connectivity index (χ2n) is 4.35. The third-order valence-corrected chi connectivity index (χ3v) is 2.65. The summed E-state index contributed by atoms with van der Waals surface area (Å²) in [5, 5.41) is 1.84. The number of carbonyl (C=O) groups excluding carboxylic acids is 1. The van der Waals surface area contributed by atoms with Crippen molar-refractivity contribution in [1.29, 1.82) is 0 Å². The van der Waals surface area contributed by atoms with Gasteiger partial charge in [0.15, 0.2) is 0 Å². The Balaban J connectivity index is 2.52. The van der Waals surface area contributed by atoms with E-state index in [1.807, 2.05) is 44.2 Å². The number of esters is 1. The van der Waals surface area contributed by atoms with Crippen LogP contribution >= 0.6 is 0 Å². The molecule has 0 aliphatic carbocycles. The van der Waals surface area contributed by atoms with E-state index in [9.17, 15) is 4.79 Å². The molecule has 0 unspecified atom stereocenters. The Labute approximate surface area is 106 Å². The lowest BCUT2D eigenvalue weighted by Crippen LogP contribution is -2.11. The summed E-state index contributed by atoms with van der Waals surface area (Å²) in [6.07, 6.45) is -0.127. The molecule has 0 heterocycles. The topological polar surface area (TPSA) is 35.5 Å². The molecule has 0 atom stereocenters. The standard InChI is InChI=1S/C15H16O3/c1-10(2)18-15(16)13-6-4-5-11-7-8-12(17-3)9-14(11)13/h4-10H,1-3H3. The maximum Gasteiger partial charge on any atom is 0.339 e. The van der Waals surface area contributed by atoms with Crippen molar-refractivity contribution in [3.63, 3.8) is 0 Å². The number of hydrogen-bond acceptors (Lipinski definition) is 3. The van der Waals surface area contributed by atoms with Crippen LogP contribution in [-0.2, 0) is 4.74 Å². The molecule has 0 bridgehead atoms. The lowest BCUT2D eigenvalue weighted by Gasteiger charge is -2.10. The third kappa shape index (κ3) is 2.45. The van der Waals surface area contributed by atoms with Crippen molar-refractivity contribution >= 4 is 16.7 Å². The zero-order valence-electron chi connectivity index (χ0n) is 10.8. The molecule has 0 aromatic heterocycles. The van der Waals surface area contributed by atoms with Crippen molar-refractivity contribution in [3.05, 3.63) is 42.0 Å². The van der Waals surface area contributed by atoms with Crippen LogP contribution in [0.5, 0.6) is 5.75 Å². The van der Waals surface area contributed by atoms with Crippen molar-refractivity contribution < 1.29 is 14.3 Å². The SMILES string of the molecule is COc1ccc2cccc(C(=O)OC(C)C)c2c1. The monoisotopic (exact) mass is 244 g/mol. The van der Waals surface area contributed by atoms with Crippen LogP contribution in [-0.4, -0.2) is 19.2 Å². The van der Waals surface area contributed by atoms with Crippen molar-refractivity contribution in [2.24, 2.45) is 0 Å². The molecule has 2 aromatic rings. The molecule has 0 amide bonds. The Morgan fingerprint density at radius 2 is 1.94 bits per heavy atom. The smallest absolute Gasteiger partial charge is 0.339 e. The van der Waals surface area contributed by atoms with Crippen molar-refractivity contribution in [1.82, 2.24) is 0 Å². The summed E-state index contributed by atoms with van der Waals surface area (Å²) in [6, 6.07) is 11.2. The molecule has 0 N–H and O–H groups in total. The molecule has 3 nitrogen and oxygen atoms in total. The predicted molar refractivity (Wildman–Crippen MR) is 71.1 cm³/mol. The van der Waals surface area contributed by atoms with Crippen molar-refractivity contribution in [3.8, 4) is 5.75 Å². The largest absolute Gasteiger partial charge is 0.497 e. The van der Waals surface area contributed by atoms with Crippen LogP contribution in [0.4, 0.5) is 0 Å². The number of rotatable bonds is 3. The highest BCUT2D eigenvalue weighted by molar-refractivity contribution is 6.04. The minimum Gasteiger partial charge on any atom is -0.497 e. The average molecular weight is 244 g/mol. The lowest BCUT2D eigenvalue weighted by atomic mass is 10.0. The second kappa shape index (κ2) is 5.08. The van der Waals surface area contributed by atoms with Crippen LogP contribution in [0.1, 0.15) is 24.2 Å². The Kier molecular flexibility index (Phi) is 3.51. The summed E-state index contributed by atoms with van der Waals surface area (Å²) in [7, 11) is 1.61. The van der Waals surface area contributed by atoms with Crippen LogP contribution in [0.25, 0.3) is 10.8 Å². The van der Waals surface area contributed by atoms with E-state index in [1.165, 1.54) is 0 Å². The van der Waals surface area contributed by atoms with E-state index in [0.717, 1.165) is 16.5 Å². The van der Waals surface area contributed by atoms with Gasteiger partial charge in [-0.1, -0.05) is 18.2 Å². The van der Waals surface area contributed by atoms with E-state index < -0.39 is 0 Å². The molecular weight excluding hydrogens is 228 g/mol. The van der Waals surface area contributed by atoms with Gasteiger partial charge in [0.1, 0.15) is 5.75 Å². The van der Waals surface area contributed by atoms with E-state index in [4.69, 9.17) is 9.47 Å². The fourth-order valence-corrected chi connectivity index (χ4v) is 1.83. The van der Waals surface area contributed by atoms with Gasteiger partial charge in [0, 0.05) is 0 Å². The normalized spacial score (nSPS) is 10.7. The molecule has 0 fully saturated rings. The Morgan fingerprint density at radius 1 is 1.17 bits per heavy atom. The summed E-state index contributed by atoms with van der Waals surface area (Å²) in [5.74, 6) is 0.427. The minimum absolute atomic E-state index is 0.127. The van der Waals surface area contributed by atoms with Gasteiger partial charge in [-0.05, 0) is 42.8 Å². The summed E-state index contributed by atoms with van der Waals surface area (Å²) in [5.41, 5.74) is 0.570. The molecule has 0 saturated carbocycles. The van der Waals surface area contributed by atoms with Gasteiger partial charge in [0.2, 0.25) is 0 Å². The highest BCUT2D eigenvalue weighted by atomic mass is 16.5. The Morgan fingerprint density at radius 3 is 2.61 bits per heavy atom. The van der Waals surface area contributed by atoms with Crippen LogP contribution in [0, 0.1) is 0 Å². The average Bonchev–Trinajstić information content (AvgIpc) is 2.36. The van der Waals surface area contributed by atoms with Gasteiger partial charge >= 0.3 is 5.97 Å². The molecule has 0 saturated heterocycles. The minimum atomic E-state index is -0.302. The molecule has 0 radical (unpaired) electrons. The van der Waals surface area contributed by atoms with E-state index >= 15 is 0 Å². The number of fused-ring (bicyclic) bond motifs is 1. The third-order valence-electron chi connectivity index (χ3n) is 2.65. The first kappa shape index (κ1) is 12.4. The maximum atomic E-state index is 12.0. The molecule has 94 valence electrons. The Hall–Kier alpha value is -2.03. The quantitative estimate of drug-likeness (QED) is 0.776. The fourth-order valence-electron chi connectivity index (χ4n) is 1.83. The first-order chi connectivity index (χ1) is 8.61. The summed E-state index contributed by atoms with van der Waals surface area (Å²) >= 11 is 0. The molecule has 0 aliphatic heterocycles. The predicted octanol–water partition coefficient (Wildman–Crippen LogP) is 3.41. The first-order valence-corrected chi connectivity index (χ1v) is 5.89. The summed E-state index contributed by atoms with van der Waals surface area (Å²) < 4.78 is 10.4. The van der Waals surface area contributed by atoms with E-state index in [1.54, 1.807) is 13.2 Å². The molecule has 2 aromatic carbocycles. The van der Waals surface area contributed by atoms with Gasteiger partial charge in [-0.15, -0.1) is 0 Å². The van der Waals surface area contributed by atoms with E-state index in [-0.39, 0.29) is 12.1 Å². The van der Waals surface area contributed by atoms with E-state index in [2.05, 4.69) is 0 Å². The van der Waals surface area contributed by atoms with Crippen LogP contribution in [0.2, 0.25) is 0 Å². The van der Waals surface area contributed by atoms with Crippen molar-refractivity contribution in [2.75, 3.05) is 7.11 Å². The van der Waals surface area contributed by atoms with Crippen LogP contribution in [0.3, 0.4) is 0 Å². The van der Waals surface area contributed by atoms with Crippen LogP contribution in [0.15, 0.2) is 36.4 Å². The van der Waals surface area contributed by atoms with Crippen molar-refractivity contribution in [2.45, 2.75) is 20.0 Å². The van der Waals surface area contributed by atoms with E-state index in [0.29, 0.717) is 5.56 Å². The molecule has 0 spiro atoms. The summed E-state index contributed by atoms with van der Waals surface area (Å²) in [4.78, 5) is 12.0. The second-order valence-corrected chi connectivity index (χ2v) is 4.35. The molecule has 3 heteroatoms. The highest BCUT2D eigenvalue weighted by Gasteiger charge is 2.13. The molecule has 0 aliphatic rings. The first-order valence-electron chi connectivity index (χ1n) is 5.89. The number of ether oxygens (including phenoxy) is 2. The fraction of sp³-hybridized carbons (Fsp3) is 0.267. The number of methoxy groups -OCH3 is 1. The van der Waals surface area contributed by atoms with Gasteiger partial charge in [-0.3, -0.25) is 0 Å².